The third-order valence-electron chi connectivity index (χ3n) is 3.56. The molecule has 1 aromatic rings. The molecule has 1 aromatic carbocycles. The molecule has 1 fully saturated rings. The van der Waals surface area contributed by atoms with Gasteiger partial charge in [-0.15, -0.1) is 0 Å². The Bertz CT molecular complexity index is 386. The quantitative estimate of drug-likeness (QED) is 0.892. The van der Waals surface area contributed by atoms with Gasteiger partial charge in [-0.05, 0) is 61.5 Å². The van der Waals surface area contributed by atoms with Crippen LogP contribution in [0.15, 0.2) is 12.1 Å². The molecule has 1 saturated heterocycles. The highest BCUT2D eigenvalue weighted by atomic mass is 35.5. The Labute approximate surface area is 108 Å². The minimum absolute atomic E-state index is 0.624. The van der Waals surface area contributed by atoms with Gasteiger partial charge in [0.15, 0.2) is 0 Å². The molecule has 1 N–H and O–H groups in total. The lowest BCUT2D eigenvalue weighted by Crippen LogP contribution is -2.27. The predicted octanol–water partition coefficient (Wildman–Crippen LogP) is 3.38. The number of piperidine rings is 1. The van der Waals surface area contributed by atoms with Crippen LogP contribution in [0.4, 0.5) is 0 Å². The summed E-state index contributed by atoms with van der Waals surface area (Å²) in [6.45, 7) is 4.38. The Hall–Kier alpha value is -0.730. The van der Waals surface area contributed by atoms with Crippen LogP contribution in [0.2, 0.25) is 5.02 Å². The first kappa shape index (κ1) is 12.7. The molecule has 1 heterocycles. The molecule has 0 aliphatic carbocycles. The van der Waals surface area contributed by atoms with E-state index >= 15 is 0 Å². The third-order valence-corrected chi connectivity index (χ3v) is 3.78. The van der Waals surface area contributed by atoms with Gasteiger partial charge in [-0.2, -0.15) is 0 Å². The van der Waals surface area contributed by atoms with Crippen molar-refractivity contribution in [2.75, 3.05) is 20.2 Å². The SMILES string of the molecule is CCc1c(OC)cc(Cl)cc1C1CCNCC1. The molecule has 0 amide bonds. The van der Waals surface area contributed by atoms with Crippen LogP contribution in [-0.4, -0.2) is 20.2 Å². The number of methoxy groups -OCH3 is 1. The summed E-state index contributed by atoms with van der Waals surface area (Å²) < 4.78 is 5.45. The minimum atomic E-state index is 0.624. The number of halogens is 1. The van der Waals surface area contributed by atoms with Crippen LogP contribution in [-0.2, 0) is 6.42 Å². The molecule has 1 aliphatic heterocycles. The zero-order chi connectivity index (χ0) is 12.3. The van der Waals surface area contributed by atoms with Crippen LogP contribution in [0.3, 0.4) is 0 Å². The van der Waals surface area contributed by atoms with Crippen molar-refractivity contribution in [3.05, 3.63) is 28.3 Å². The van der Waals surface area contributed by atoms with E-state index in [0.29, 0.717) is 5.92 Å². The lowest BCUT2D eigenvalue weighted by atomic mass is 9.86. The number of ether oxygens (including phenoxy) is 1. The molecule has 0 unspecified atom stereocenters. The van der Waals surface area contributed by atoms with Crippen molar-refractivity contribution in [3.63, 3.8) is 0 Å². The topological polar surface area (TPSA) is 21.3 Å². The number of hydrogen-bond acceptors (Lipinski definition) is 2. The number of benzene rings is 1. The van der Waals surface area contributed by atoms with E-state index in [0.717, 1.165) is 30.3 Å². The Balaban J connectivity index is 2.39. The second kappa shape index (κ2) is 5.74. The van der Waals surface area contributed by atoms with Gasteiger partial charge in [-0.25, -0.2) is 0 Å². The second-order valence-corrected chi connectivity index (χ2v) is 4.99. The lowest BCUT2D eigenvalue weighted by molar-refractivity contribution is 0.405. The average molecular weight is 254 g/mol. The molecule has 2 rings (SSSR count). The molecular formula is C14H20ClNO. The molecular weight excluding hydrogens is 234 g/mol. The molecule has 0 atom stereocenters. The van der Waals surface area contributed by atoms with Crippen molar-refractivity contribution in [2.45, 2.75) is 32.1 Å². The maximum Gasteiger partial charge on any atom is 0.123 e. The monoisotopic (exact) mass is 253 g/mol. The van der Waals surface area contributed by atoms with E-state index in [1.54, 1.807) is 7.11 Å². The normalized spacial score (nSPS) is 17.1. The van der Waals surface area contributed by atoms with Crippen LogP contribution in [0.25, 0.3) is 0 Å². The fourth-order valence-electron chi connectivity index (χ4n) is 2.69. The van der Waals surface area contributed by atoms with Crippen molar-refractivity contribution in [1.82, 2.24) is 5.32 Å². The standard InChI is InChI=1S/C14H20ClNO/c1-3-12-13(10-4-6-16-7-5-10)8-11(15)9-14(12)17-2/h8-10,16H,3-7H2,1-2H3. The van der Waals surface area contributed by atoms with Crippen molar-refractivity contribution >= 4 is 11.6 Å². The third kappa shape index (κ3) is 2.75. The van der Waals surface area contributed by atoms with E-state index in [1.165, 1.54) is 24.0 Å². The van der Waals surface area contributed by atoms with Crippen molar-refractivity contribution in [3.8, 4) is 5.75 Å². The van der Waals surface area contributed by atoms with Gasteiger partial charge in [0.25, 0.3) is 0 Å². The van der Waals surface area contributed by atoms with Crippen LogP contribution in [0.5, 0.6) is 5.75 Å². The van der Waals surface area contributed by atoms with Crippen molar-refractivity contribution in [2.24, 2.45) is 0 Å². The van der Waals surface area contributed by atoms with Crippen molar-refractivity contribution in [1.29, 1.82) is 0 Å². The zero-order valence-electron chi connectivity index (χ0n) is 10.6. The number of rotatable bonds is 3. The summed E-state index contributed by atoms with van der Waals surface area (Å²) in [6.07, 6.45) is 3.38. The second-order valence-electron chi connectivity index (χ2n) is 4.55. The summed E-state index contributed by atoms with van der Waals surface area (Å²) in [5, 5.41) is 4.19. The van der Waals surface area contributed by atoms with Gasteiger partial charge in [-0.3, -0.25) is 0 Å². The molecule has 0 radical (unpaired) electrons. The van der Waals surface area contributed by atoms with E-state index < -0.39 is 0 Å². The van der Waals surface area contributed by atoms with Gasteiger partial charge in [-0.1, -0.05) is 18.5 Å². The van der Waals surface area contributed by atoms with Gasteiger partial charge in [0.1, 0.15) is 5.75 Å². The first-order valence-electron chi connectivity index (χ1n) is 6.33. The Morgan fingerprint density at radius 2 is 2.06 bits per heavy atom. The average Bonchev–Trinajstić information content (AvgIpc) is 2.38. The molecule has 17 heavy (non-hydrogen) atoms. The van der Waals surface area contributed by atoms with Crippen LogP contribution in [0.1, 0.15) is 36.8 Å². The van der Waals surface area contributed by atoms with Gasteiger partial charge in [0.2, 0.25) is 0 Å². The molecule has 0 spiro atoms. The predicted molar refractivity (Wildman–Crippen MR) is 72.2 cm³/mol. The van der Waals surface area contributed by atoms with E-state index in [4.69, 9.17) is 16.3 Å². The van der Waals surface area contributed by atoms with Crippen molar-refractivity contribution < 1.29 is 4.74 Å². The van der Waals surface area contributed by atoms with Gasteiger partial charge in [0.05, 0.1) is 7.11 Å². The van der Waals surface area contributed by atoms with E-state index in [9.17, 15) is 0 Å². The Kier molecular flexibility index (Phi) is 4.30. The first-order chi connectivity index (χ1) is 8.26. The van der Waals surface area contributed by atoms with Crippen LogP contribution in [0, 0.1) is 0 Å². The van der Waals surface area contributed by atoms with Crippen LogP contribution >= 0.6 is 11.6 Å². The molecule has 0 aromatic heterocycles. The zero-order valence-corrected chi connectivity index (χ0v) is 11.3. The van der Waals surface area contributed by atoms with Gasteiger partial charge >= 0.3 is 0 Å². The highest BCUT2D eigenvalue weighted by molar-refractivity contribution is 6.30. The molecule has 0 saturated carbocycles. The summed E-state index contributed by atoms with van der Waals surface area (Å²) in [7, 11) is 1.72. The summed E-state index contributed by atoms with van der Waals surface area (Å²) in [5.41, 5.74) is 2.71. The first-order valence-corrected chi connectivity index (χ1v) is 6.71. The Morgan fingerprint density at radius 1 is 1.35 bits per heavy atom. The highest BCUT2D eigenvalue weighted by Gasteiger charge is 2.20. The number of hydrogen-bond donors (Lipinski definition) is 1. The van der Waals surface area contributed by atoms with E-state index in [-0.39, 0.29) is 0 Å². The summed E-state index contributed by atoms with van der Waals surface area (Å²) in [5.74, 6) is 1.56. The fraction of sp³-hybridized carbons (Fsp3) is 0.571. The molecule has 2 nitrogen and oxygen atoms in total. The summed E-state index contributed by atoms with van der Waals surface area (Å²) >= 11 is 6.18. The van der Waals surface area contributed by atoms with Crippen LogP contribution < -0.4 is 10.1 Å². The molecule has 3 heteroatoms. The van der Waals surface area contributed by atoms with Gasteiger partial charge < -0.3 is 10.1 Å². The summed E-state index contributed by atoms with van der Waals surface area (Å²) in [6, 6.07) is 4.05. The smallest absolute Gasteiger partial charge is 0.123 e. The Morgan fingerprint density at radius 3 is 2.65 bits per heavy atom. The number of nitrogens with one attached hydrogen (secondary N) is 1. The molecule has 1 aliphatic rings. The highest BCUT2D eigenvalue weighted by Crippen LogP contribution is 2.35. The maximum atomic E-state index is 6.18. The molecule has 94 valence electrons. The minimum Gasteiger partial charge on any atom is -0.496 e. The van der Waals surface area contributed by atoms with E-state index in [2.05, 4.69) is 18.3 Å². The lowest BCUT2D eigenvalue weighted by Gasteiger charge is -2.26. The van der Waals surface area contributed by atoms with E-state index in [1.807, 2.05) is 6.07 Å². The summed E-state index contributed by atoms with van der Waals surface area (Å²) in [4.78, 5) is 0. The molecule has 0 bridgehead atoms. The largest absolute Gasteiger partial charge is 0.496 e. The fourth-order valence-corrected chi connectivity index (χ4v) is 2.91. The maximum absolute atomic E-state index is 6.18. The van der Waals surface area contributed by atoms with Gasteiger partial charge in [0, 0.05) is 5.02 Å².